The lowest BCUT2D eigenvalue weighted by Crippen LogP contribution is -1.94. The standard InChI is InChI=1S/C11H10ClFN2O/c12-6-5-11-14-10(15-16-11)7-8-3-1-2-4-9(8)13/h1-4H,5-7H2. The Bertz CT molecular complexity index is 473. The summed E-state index contributed by atoms with van der Waals surface area (Å²) < 4.78 is 18.3. The minimum Gasteiger partial charge on any atom is -0.339 e. The molecule has 2 rings (SSSR count). The molecule has 0 amide bonds. The van der Waals surface area contributed by atoms with Gasteiger partial charge in [-0.25, -0.2) is 4.39 Å². The van der Waals surface area contributed by atoms with E-state index < -0.39 is 0 Å². The lowest BCUT2D eigenvalue weighted by Gasteiger charge is -1.97. The molecule has 0 fully saturated rings. The third kappa shape index (κ3) is 2.58. The Balaban J connectivity index is 2.11. The zero-order valence-electron chi connectivity index (χ0n) is 8.49. The molecule has 16 heavy (non-hydrogen) atoms. The van der Waals surface area contributed by atoms with Crippen LogP contribution in [0.15, 0.2) is 28.8 Å². The van der Waals surface area contributed by atoms with Crippen LogP contribution >= 0.6 is 11.6 Å². The van der Waals surface area contributed by atoms with Gasteiger partial charge in [-0.15, -0.1) is 11.6 Å². The van der Waals surface area contributed by atoms with Gasteiger partial charge in [0.15, 0.2) is 5.82 Å². The molecule has 0 aliphatic carbocycles. The van der Waals surface area contributed by atoms with E-state index in [0.717, 1.165) is 0 Å². The first-order valence-electron chi connectivity index (χ1n) is 4.90. The minimum atomic E-state index is -0.258. The number of halogens is 2. The molecule has 0 saturated carbocycles. The molecule has 1 aromatic heterocycles. The maximum absolute atomic E-state index is 13.3. The maximum atomic E-state index is 13.3. The molecule has 0 radical (unpaired) electrons. The van der Waals surface area contributed by atoms with E-state index in [1.807, 2.05) is 0 Å². The molecule has 0 atom stereocenters. The van der Waals surface area contributed by atoms with E-state index in [1.54, 1.807) is 18.2 Å². The zero-order chi connectivity index (χ0) is 11.4. The summed E-state index contributed by atoms with van der Waals surface area (Å²) in [5, 5.41) is 3.76. The number of hydrogen-bond donors (Lipinski definition) is 0. The Kier molecular flexibility index (Phi) is 3.51. The van der Waals surface area contributed by atoms with Gasteiger partial charge in [0.05, 0.1) is 0 Å². The zero-order valence-corrected chi connectivity index (χ0v) is 9.25. The molecule has 2 aromatic rings. The molecule has 0 bridgehead atoms. The number of nitrogens with zero attached hydrogens (tertiary/aromatic N) is 2. The fourth-order valence-electron chi connectivity index (χ4n) is 1.36. The number of hydrogen-bond acceptors (Lipinski definition) is 3. The molecular weight excluding hydrogens is 231 g/mol. The molecule has 1 aromatic carbocycles. The van der Waals surface area contributed by atoms with Crippen molar-refractivity contribution in [1.29, 1.82) is 0 Å². The van der Waals surface area contributed by atoms with Gasteiger partial charge in [-0.1, -0.05) is 23.4 Å². The molecular formula is C11H10ClFN2O. The molecule has 0 aliphatic heterocycles. The normalized spacial score (nSPS) is 10.6. The summed E-state index contributed by atoms with van der Waals surface area (Å²) in [6.07, 6.45) is 0.865. The number of alkyl halides is 1. The van der Waals surface area contributed by atoms with E-state index in [1.165, 1.54) is 6.07 Å². The molecule has 3 nitrogen and oxygen atoms in total. The van der Waals surface area contributed by atoms with E-state index >= 15 is 0 Å². The van der Waals surface area contributed by atoms with Gasteiger partial charge in [-0.3, -0.25) is 0 Å². The summed E-state index contributed by atoms with van der Waals surface area (Å²) in [7, 11) is 0. The molecule has 5 heteroatoms. The van der Waals surface area contributed by atoms with Crippen molar-refractivity contribution >= 4 is 11.6 Å². The van der Waals surface area contributed by atoms with Crippen LogP contribution in [0.2, 0.25) is 0 Å². The molecule has 0 saturated heterocycles. The van der Waals surface area contributed by atoms with E-state index in [4.69, 9.17) is 16.1 Å². The van der Waals surface area contributed by atoms with E-state index in [0.29, 0.717) is 36.0 Å². The van der Waals surface area contributed by atoms with Crippen LogP contribution in [-0.4, -0.2) is 16.0 Å². The number of aromatic nitrogens is 2. The Morgan fingerprint density at radius 1 is 1.31 bits per heavy atom. The van der Waals surface area contributed by atoms with Gasteiger partial charge < -0.3 is 4.52 Å². The predicted octanol–water partition coefficient (Wildman–Crippen LogP) is 2.58. The maximum Gasteiger partial charge on any atom is 0.227 e. The van der Waals surface area contributed by atoms with Gasteiger partial charge in [-0.05, 0) is 11.6 Å². The number of rotatable bonds is 4. The number of benzene rings is 1. The topological polar surface area (TPSA) is 38.9 Å². The third-order valence-electron chi connectivity index (χ3n) is 2.12. The Morgan fingerprint density at radius 2 is 2.12 bits per heavy atom. The highest BCUT2D eigenvalue weighted by molar-refractivity contribution is 6.17. The first kappa shape index (κ1) is 11.1. The second-order valence-corrected chi connectivity index (χ2v) is 3.69. The summed E-state index contributed by atoms with van der Waals surface area (Å²) in [5.74, 6) is 1.14. The van der Waals surface area contributed by atoms with Crippen LogP contribution in [0, 0.1) is 5.82 Å². The van der Waals surface area contributed by atoms with Crippen molar-refractivity contribution in [2.45, 2.75) is 12.8 Å². The van der Waals surface area contributed by atoms with Crippen LogP contribution in [0.1, 0.15) is 17.3 Å². The summed E-state index contributed by atoms with van der Waals surface area (Å²) in [6.45, 7) is 0. The molecule has 0 aliphatic rings. The highest BCUT2D eigenvalue weighted by Gasteiger charge is 2.08. The summed E-state index contributed by atoms with van der Waals surface area (Å²) in [6, 6.07) is 6.54. The van der Waals surface area contributed by atoms with Crippen LogP contribution in [0.5, 0.6) is 0 Å². The Labute approximate surface area is 97.2 Å². The molecule has 1 heterocycles. The fraction of sp³-hybridized carbons (Fsp3) is 0.273. The average Bonchev–Trinajstić information content (AvgIpc) is 2.70. The lowest BCUT2D eigenvalue weighted by molar-refractivity contribution is 0.377. The van der Waals surface area contributed by atoms with Crippen molar-refractivity contribution in [3.63, 3.8) is 0 Å². The monoisotopic (exact) mass is 240 g/mol. The SMILES string of the molecule is Fc1ccccc1Cc1noc(CCCl)n1. The van der Waals surface area contributed by atoms with Gasteiger partial charge >= 0.3 is 0 Å². The number of aryl methyl sites for hydroxylation is 1. The Morgan fingerprint density at radius 3 is 2.88 bits per heavy atom. The smallest absolute Gasteiger partial charge is 0.227 e. The van der Waals surface area contributed by atoms with Gasteiger partial charge in [0.2, 0.25) is 5.89 Å². The van der Waals surface area contributed by atoms with Crippen molar-refractivity contribution in [3.8, 4) is 0 Å². The van der Waals surface area contributed by atoms with Crippen LogP contribution in [0.4, 0.5) is 4.39 Å². The molecule has 84 valence electrons. The van der Waals surface area contributed by atoms with Gasteiger partial charge in [0, 0.05) is 18.7 Å². The van der Waals surface area contributed by atoms with E-state index in [9.17, 15) is 4.39 Å². The fourth-order valence-corrected chi connectivity index (χ4v) is 1.52. The first-order chi connectivity index (χ1) is 7.79. The van der Waals surface area contributed by atoms with Crippen molar-refractivity contribution in [2.24, 2.45) is 0 Å². The highest BCUT2D eigenvalue weighted by atomic mass is 35.5. The molecule has 0 N–H and O–H groups in total. The van der Waals surface area contributed by atoms with Gasteiger partial charge in [-0.2, -0.15) is 4.98 Å². The lowest BCUT2D eigenvalue weighted by atomic mass is 10.1. The van der Waals surface area contributed by atoms with Crippen molar-refractivity contribution in [3.05, 3.63) is 47.4 Å². The van der Waals surface area contributed by atoms with Gasteiger partial charge in [0.1, 0.15) is 5.82 Å². The largest absolute Gasteiger partial charge is 0.339 e. The average molecular weight is 241 g/mol. The summed E-state index contributed by atoms with van der Waals surface area (Å²) in [5.41, 5.74) is 0.556. The summed E-state index contributed by atoms with van der Waals surface area (Å²) in [4.78, 5) is 4.11. The van der Waals surface area contributed by atoms with E-state index in [2.05, 4.69) is 10.1 Å². The first-order valence-corrected chi connectivity index (χ1v) is 5.44. The predicted molar refractivity (Wildman–Crippen MR) is 57.9 cm³/mol. The Hall–Kier alpha value is -1.42. The van der Waals surface area contributed by atoms with Crippen LogP contribution in [0.25, 0.3) is 0 Å². The molecule has 0 unspecified atom stereocenters. The third-order valence-corrected chi connectivity index (χ3v) is 2.31. The molecule has 0 spiro atoms. The van der Waals surface area contributed by atoms with Crippen molar-refractivity contribution in [1.82, 2.24) is 10.1 Å². The highest BCUT2D eigenvalue weighted by Crippen LogP contribution is 2.11. The van der Waals surface area contributed by atoms with Crippen molar-refractivity contribution < 1.29 is 8.91 Å². The van der Waals surface area contributed by atoms with Crippen LogP contribution in [0.3, 0.4) is 0 Å². The van der Waals surface area contributed by atoms with Crippen molar-refractivity contribution in [2.75, 3.05) is 5.88 Å². The quantitative estimate of drug-likeness (QED) is 0.771. The van der Waals surface area contributed by atoms with Crippen LogP contribution in [-0.2, 0) is 12.8 Å². The van der Waals surface area contributed by atoms with Gasteiger partial charge in [0.25, 0.3) is 0 Å². The second-order valence-electron chi connectivity index (χ2n) is 3.31. The second kappa shape index (κ2) is 5.07. The van der Waals surface area contributed by atoms with E-state index in [-0.39, 0.29) is 5.82 Å². The van der Waals surface area contributed by atoms with Crippen LogP contribution < -0.4 is 0 Å². The minimum absolute atomic E-state index is 0.258. The summed E-state index contributed by atoms with van der Waals surface area (Å²) >= 11 is 5.54.